The van der Waals surface area contributed by atoms with Gasteiger partial charge in [0, 0.05) is 12.7 Å². The number of hydrogen-bond acceptors (Lipinski definition) is 2. The van der Waals surface area contributed by atoms with Crippen LogP contribution in [-0.2, 0) is 11.2 Å². The van der Waals surface area contributed by atoms with Gasteiger partial charge in [-0.1, -0.05) is 26.2 Å². The van der Waals surface area contributed by atoms with Crippen LogP contribution in [0.4, 0.5) is 5.69 Å². The molecule has 0 saturated heterocycles. The van der Waals surface area contributed by atoms with Crippen molar-refractivity contribution in [1.29, 1.82) is 0 Å². The van der Waals surface area contributed by atoms with Crippen LogP contribution in [0.1, 0.15) is 18.2 Å². The molecule has 0 aliphatic carbocycles. The standard InChI is InChI=1S/C13H16N2O/c1-5-10-8-11(9-14-12(10)6-2)15(4)13(16)7-3/h5,7-9H,1,3,6H2,2,4H3. The van der Waals surface area contributed by atoms with Crippen LogP contribution in [-0.4, -0.2) is 17.9 Å². The summed E-state index contributed by atoms with van der Waals surface area (Å²) in [6.07, 6.45) is 5.57. The lowest BCUT2D eigenvalue weighted by atomic mass is 10.1. The van der Waals surface area contributed by atoms with Crippen molar-refractivity contribution < 1.29 is 4.79 Å². The minimum Gasteiger partial charge on any atom is -0.310 e. The van der Waals surface area contributed by atoms with Gasteiger partial charge in [-0.05, 0) is 24.1 Å². The molecule has 3 heteroatoms. The normalized spacial score (nSPS) is 9.62. The second kappa shape index (κ2) is 5.26. The first-order valence-corrected chi connectivity index (χ1v) is 5.15. The van der Waals surface area contributed by atoms with Gasteiger partial charge in [0.25, 0.3) is 0 Å². The second-order valence-electron chi connectivity index (χ2n) is 3.39. The van der Waals surface area contributed by atoms with Crippen LogP contribution in [0.15, 0.2) is 31.5 Å². The topological polar surface area (TPSA) is 33.2 Å². The maximum absolute atomic E-state index is 11.4. The van der Waals surface area contributed by atoms with E-state index in [-0.39, 0.29) is 5.91 Å². The van der Waals surface area contributed by atoms with E-state index in [0.717, 1.165) is 23.4 Å². The number of aryl methyl sites for hydroxylation is 1. The predicted octanol–water partition coefficient (Wildman–Crippen LogP) is 2.44. The highest BCUT2D eigenvalue weighted by atomic mass is 16.2. The highest BCUT2D eigenvalue weighted by molar-refractivity contribution is 6.00. The van der Waals surface area contributed by atoms with Crippen molar-refractivity contribution >= 4 is 17.7 Å². The minimum absolute atomic E-state index is 0.152. The Labute approximate surface area is 96.1 Å². The molecule has 1 heterocycles. The number of carbonyl (C=O) groups excluding carboxylic acids is 1. The number of rotatable bonds is 4. The van der Waals surface area contributed by atoms with Crippen molar-refractivity contribution in [2.24, 2.45) is 0 Å². The molecule has 1 amide bonds. The summed E-state index contributed by atoms with van der Waals surface area (Å²) in [7, 11) is 1.69. The van der Waals surface area contributed by atoms with Crippen molar-refractivity contribution in [2.45, 2.75) is 13.3 Å². The highest BCUT2D eigenvalue weighted by Crippen LogP contribution is 2.18. The summed E-state index contributed by atoms with van der Waals surface area (Å²) in [5, 5.41) is 0. The van der Waals surface area contributed by atoms with Crippen LogP contribution in [0.25, 0.3) is 6.08 Å². The molecule has 84 valence electrons. The fraction of sp³-hybridized carbons (Fsp3) is 0.231. The first-order valence-electron chi connectivity index (χ1n) is 5.15. The van der Waals surface area contributed by atoms with E-state index in [9.17, 15) is 4.79 Å². The van der Waals surface area contributed by atoms with Crippen LogP contribution in [0, 0.1) is 0 Å². The zero-order valence-electron chi connectivity index (χ0n) is 9.73. The number of amides is 1. The Balaban J connectivity index is 3.12. The quantitative estimate of drug-likeness (QED) is 0.724. The third-order valence-corrected chi connectivity index (χ3v) is 2.44. The van der Waals surface area contributed by atoms with Gasteiger partial charge >= 0.3 is 0 Å². The summed E-state index contributed by atoms with van der Waals surface area (Å²) in [5.41, 5.74) is 2.69. The summed E-state index contributed by atoms with van der Waals surface area (Å²) < 4.78 is 0. The Morgan fingerprint density at radius 1 is 1.56 bits per heavy atom. The maximum atomic E-state index is 11.4. The first kappa shape index (κ1) is 12.2. The summed E-state index contributed by atoms with van der Waals surface area (Å²) >= 11 is 0. The molecule has 1 aromatic rings. The Kier molecular flexibility index (Phi) is 4.00. The average molecular weight is 216 g/mol. The molecule has 0 atom stereocenters. The molecule has 0 fully saturated rings. The van der Waals surface area contributed by atoms with E-state index in [1.54, 1.807) is 19.3 Å². The van der Waals surface area contributed by atoms with Gasteiger partial charge in [0.1, 0.15) is 0 Å². The lowest BCUT2D eigenvalue weighted by Gasteiger charge is -2.16. The molecular weight excluding hydrogens is 200 g/mol. The maximum Gasteiger partial charge on any atom is 0.250 e. The van der Waals surface area contributed by atoms with Crippen LogP contribution < -0.4 is 4.90 Å². The molecule has 0 unspecified atom stereocenters. The van der Waals surface area contributed by atoms with E-state index in [0.29, 0.717) is 0 Å². The molecule has 0 bridgehead atoms. The summed E-state index contributed by atoms with van der Waals surface area (Å²) in [6, 6.07) is 1.90. The molecule has 0 radical (unpaired) electrons. The van der Waals surface area contributed by atoms with E-state index in [4.69, 9.17) is 0 Å². The highest BCUT2D eigenvalue weighted by Gasteiger charge is 2.09. The summed E-state index contributed by atoms with van der Waals surface area (Å²) in [6.45, 7) is 9.23. The smallest absolute Gasteiger partial charge is 0.250 e. The van der Waals surface area contributed by atoms with Crippen molar-refractivity contribution in [1.82, 2.24) is 4.98 Å². The number of pyridine rings is 1. The molecule has 16 heavy (non-hydrogen) atoms. The average Bonchev–Trinajstić information content (AvgIpc) is 2.35. The van der Waals surface area contributed by atoms with Crippen LogP contribution >= 0.6 is 0 Å². The van der Waals surface area contributed by atoms with Gasteiger partial charge in [0.05, 0.1) is 11.9 Å². The van der Waals surface area contributed by atoms with Crippen molar-refractivity contribution in [3.63, 3.8) is 0 Å². The Morgan fingerprint density at radius 2 is 2.25 bits per heavy atom. The third-order valence-electron chi connectivity index (χ3n) is 2.44. The molecule has 0 spiro atoms. The van der Waals surface area contributed by atoms with Crippen molar-refractivity contribution in [3.05, 3.63) is 42.8 Å². The number of anilines is 1. The number of aromatic nitrogens is 1. The molecule has 1 aromatic heterocycles. The number of nitrogens with zero attached hydrogens (tertiary/aromatic N) is 2. The van der Waals surface area contributed by atoms with E-state index < -0.39 is 0 Å². The van der Waals surface area contributed by atoms with Gasteiger partial charge in [-0.3, -0.25) is 9.78 Å². The van der Waals surface area contributed by atoms with Crippen LogP contribution in [0.2, 0.25) is 0 Å². The van der Waals surface area contributed by atoms with Gasteiger partial charge in [0.15, 0.2) is 0 Å². The zero-order valence-corrected chi connectivity index (χ0v) is 9.73. The number of hydrogen-bond donors (Lipinski definition) is 0. The molecule has 0 aliphatic heterocycles. The summed E-state index contributed by atoms with van der Waals surface area (Å²) in [5.74, 6) is -0.152. The van der Waals surface area contributed by atoms with E-state index in [1.165, 1.54) is 11.0 Å². The molecule has 0 saturated carbocycles. The predicted molar refractivity (Wildman–Crippen MR) is 67.3 cm³/mol. The molecule has 0 N–H and O–H groups in total. The zero-order chi connectivity index (χ0) is 12.1. The first-order chi connectivity index (χ1) is 7.63. The lowest BCUT2D eigenvalue weighted by molar-refractivity contribution is -0.113. The lowest BCUT2D eigenvalue weighted by Crippen LogP contribution is -2.24. The fourth-order valence-corrected chi connectivity index (χ4v) is 1.42. The Morgan fingerprint density at radius 3 is 2.75 bits per heavy atom. The van der Waals surface area contributed by atoms with Gasteiger partial charge in [-0.2, -0.15) is 0 Å². The molecular formula is C13H16N2O. The van der Waals surface area contributed by atoms with Crippen LogP contribution in [0.5, 0.6) is 0 Å². The number of likely N-dealkylation sites (N-methyl/N-ethyl adjacent to an activating group) is 1. The van der Waals surface area contributed by atoms with E-state index >= 15 is 0 Å². The molecule has 0 aromatic carbocycles. The number of carbonyl (C=O) groups is 1. The largest absolute Gasteiger partial charge is 0.310 e. The van der Waals surface area contributed by atoms with E-state index in [2.05, 4.69) is 18.1 Å². The third kappa shape index (κ3) is 2.37. The minimum atomic E-state index is -0.152. The van der Waals surface area contributed by atoms with Gasteiger partial charge in [0.2, 0.25) is 5.91 Å². The monoisotopic (exact) mass is 216 g/mol. The van der Waals surface area contributed by atoms with Gasteiger partial charge in [-0.25, -0.2) is 0 Å². The SMILES string of the molecule is C=CC(=O)N(C)c1cnc(CC)c(C=C)c1. The van der Waals surface area contributed by atoms with Gasteiger partial charge in [-0.15, -0.1) is 0 Å². The fourth-order valence-electron chi connectivity index (χ4n) is 1.42. The Bertz CT molecular complexity index is 424. The van der Waals surface area contributed by atoms with E-state index in [1.807, 2.05) is 13.0 Å². The Hall–Kier alpha value is -1.90. The second-order valence-corrected chi connectivity index (χ2v) is 3.39. The van der Waals surface area contributed by atoms with Gasteiger partial charge < -0.3 is 4.90 Å². The molecule has 1 rings (SSSR count). The molecule has 3 nitrogen and oxygen atoms in total. The molecule has 0 aliphatic rings. The van der Waals surface area contributed by atoms with Crippen molar-refractivity contribution in [2.75, 3.05) is 11.9 Å². The van der Waals surface area contributed by atoms with Crippen molar-refractivity contribution in [3.8, 4) is 0 Å². The summed E-state index contributed by atoms with van der Waals surface area (Å²) in [4.78, 5) is 17.2. The van der Waals surface area contributed by atoms with Crippen LogP contribution in [0.3, 0.4) is 0 Å².